The van der Waals surface area contributed by atoms with Crippen molar-refractivity contribution in [3.63, 3.8) is 0 Å². The Hall–Kier alpha value is -2.02. The molecule has 2 rings (SSSR count). The summed E-state index contributed by atoms with van der Waals surface area (Å²) in [5.41, 5.74) is 5.72. The molecule has 17 heavy (non-hydrogen) atoms. The summed E-state index contributed by atoms with van der Waals surface area (Å²) >= 11 is 0. The maximum Gasteiger partial charge on any atom is 0.0460 e. The highest BCUT2D eigenvalue weighted by Crippen LogP contribution is 2.26. The first-order valence-corrected chi connectivity index (χ1v) is 5.76. The van der Waals surface area contributed by atoms with Crippen LogP contribution in [0, 0.1) is 6.92 Å². The minimum atomic E-state index is 1.07. The van der Waals surface area contributed by atoms with Crippen molar-refractivity contribution in [1.29, 1.82) is 0 Å². The third kappa shape index (κ3) is 2.56. The van der Waals surface area contributed by atoms with E-state index >= 15 is 0 Å². The fourth-order valence-electron chi connectivity index (χ4n) is 1.82. The normalized spacial score (nSPS) is 10.0. The molecule has 0 spiro atoms. The lowest BCUT2D eigenvalue weighted by Gasteiger charge is -2.13. The van der Waals surface area contributed by atoms with E-state index in [1.54, 1.807) is 0 Å². The van der Waals surface area contributed by atoms with Gasteiger partial charge in [0.15, 0.2) is 0 Å². The summed E-state index contributed by atoms with van der Waals surface area (Å²) in [5.74, 6) is 0. The molecule has 1 N–H and O–H groups in total. The number of benzene rings is 2. The molecule has 0 atom stereocenters. The van der Waals surface area contributed by atoms with E-state index in [4.69, 9.17) is 0 Å². The summed E-state index contributed by atoms with van der Waals surface area (Å²) in [5, 5.41) is 3.46. The van der Waals surface area contributed by atoms with Gasteiger partial charge in [-0.15, -0.1) is 0 Å². The predicted octanol–water partition coefficient (Wildman–Crippen LogP) is 4.77. The van der Waals surface area contributed by atoms with E-state index in [9.17, 15) is 0 Å². The highest BCUT2D eigenvalue weighted by molar-refractivity contribution is 5.77. The minimum absolute atomic E-state index is 1.07. The molecule has 0 saturated heterocycles. The van der Waals surface area contributed by atoms with Gasteiger partial charge in [0.05, 0.1) is 0 Å². The van der Waals surface area contributed by atoms with Gasteiger partial charge in [-0.1, -0.05) is 43.0 Å². The summed E-state index contributed by atoms with van der Waals surface area (Å²) in [6.07, 6.45) is 0. The van der Waals surface area contributed by atoms with Crippen LogP contribution in [0.5, 0.6) is 0 Å². The molecule has 0 heterocycles. The van der Waals surface area contributed by atoms with Gasteiger partial charge in [0, 0.05) is 16.9 Å². The number of rotatable bonds is 3. The SMILES string of the molecule is C=C(C)c1ccccc1Nc1ccccc1C. The second kappa shape index (κ2) is 4.88. The fourth-order valence-corrected chi connectivity index (χ4v) is 1.82. The Morgan fingerprint density at radius 1 is 0.941 bits per heavy atom. The van der Waals surface area contributed by atoms with Crippen molar-refractivity contribution in [1.82, 2.24) is 0 Å². The molecule has 0 radical (unpaired) electrons. The Morgan fingerprint density at radius 2 is 1.53 bits per heavy atom. The molecule has 2 aromatic rings. The predicted molar refractivity (Wildman–Crippen MR) is 75.6 cm³/mol. The second-order valence-corrected chi connectivity index (χ2v) is 4.27. The van der Waals surface area contributed by atoms with Gasteiger partial charge in [0.25, 0.3) is 0 Å². The van der Waals surface area contributed by atoms with Crippen molar-refractivity contribution in [3.8, 4) is 0 Å². The largest absolute Gasteiger partial charge is 0.355 e. The van der Waals surface area contributed by atoms with Gasteiger partial charge in [0.2, 0.25) is 0 Å². The average molecular weight is 223 g/mol. The van der Waals surface area contributed by atoms with Gasteiger partial charge >= 0.3 is 0 Å². The van der Waals surface area contributed by atoms with Gasteiger partial charge < -0.3 is 5.32 Å². The first-order valence-electron chi connectivity index (χ1n) is 5.76. The van der Waals surface area contributed by atoms with Crippen molar-refractivity contribution < 1.29 is 0 Å². The molecule has 0 bridgehead atoms. The van der Waals surface area contributed by atoms with Crippen LogP contribution in [0.15, 0.2) is 55.1 Å². The van der Waals surface area contributed by atoms with Crippen LogP contribution in [-0.2, 0) is 0 Å². The number of anilines is 2. The molecular weight excluding hydrogens is 206 g/mol. The summed E-state index contributed by atoms with van der Waals surface area (Å²) < 4.78 is 0. The summed E-state index contributed by atoms with van der Waals surface area (Å²) in [6, 6.07) is 16.5. The molecule has 0 amide bonds. The first-order chi connectivity index (χ1) is 8.18. The molecule has 0 fully saturated rings. The Kier molecular flexibility index (Phi) is 3.29. The van der Waals surface area contributed by atoms with Crippen LogP contribution in [0.25, 0.3) is 5.57 Å². The van der Waals surface area contributed by atoms with Crippen LogP contribution >= 0.6 is 0 Å². The maximum absolute atomic E-state index is 4.01. The Bertz CT molecular complexity index is 541. The Balaban J connectivity index is 2.37. The Morgan fingerprint density at radius 3 is 2.18 bits per heavy atom. The van der Waals surface area contributed by atoms with E-state index < -0.39 is 0 Å². The van der Waals surface area contributed by atoms with Crippen molar-refractivity contribution in [2.75, 3.05) is 5.32 Å². The smallest absolute Gasteiger partial charge is 0.0460 e. The molecule has 0 saturated carbocycles. The summed E-state index contributed by atoms with van der Waals surface area (Å²) in [4.78, 5) is 0. The van der Waals surface area contributed by atoms with E-state index in [2.05, 4.69) is 43.1 Å². The highest BCUT2D eigenvalue weighted by Gasteiger charge is 2.03. The average Bonchev–Trinajstić information content (AvgIpc) is 2.32. The number of para-hydroxylation sites is 2. The van der Waals surface area contributed by atoms with Crippen LogP contribution in [0.3, 0.4) is 0 Å². The monoisotopic (exact) mass is 223 g/mol. The molecule has 0 aromatic heterocycles. The van der Waals surface area contributed by atoms with Gasteiger partial charge in [0.1, 0.15) is 0 Å². The zero-order chi connectivity index (χ0) is 12.3. The van der Waals surface area contributed by atoms with Gasteiger partial charge in [-0.3, -0.25) is 0 Å². The van der Waals surface area contributed by atoms with Crippen molar-refractivity contribution >= 4 is 16.9 Å². The van der Waals surface area contributed by atoms with Crippen LogP contribution in [-0.4, -0.2) is 0 Å². The lowest BCUT2D eigenvalue weighted by atomic mass is 10.1. The van der Waals surface area contributed by atoms with Crippen LogP contribution in [0.2, 0.25) is 0 Å². The first kappa shape index (κ1) is 11.5. The molecular formula is C16H17N. The molecule has 0 aliphatic heterocycles. The Labute approximate surface area is 103 Å². The van der Waals surface area contributed by atoms with Gasteiger partial charge in [-0.05, 0) is 37.1 Å². The van der Waals surface area contributed by atoms with Crippen LogP contribution < -0.4 is 5.32 Å². The third-order valence-corrected chi connectivity index (χ3v) is 2.80. The molecule has 1 heteroatoms. The lowest BCUT2D eigenvalue weighted by molar-refractivity contribution is 1.42. The van der Waals surface area contributed by atoms with Crippen LogP contribution in [0.4, 0.5) is 11.4 Å². The van der Waals surface area contributed by atoms with Crippen molar-refractivity contribution in [2.24, 2.45) is 0 Å². The van der Waals surface area contributed by atoms with E-state index in [1.807, 2.05) is 31.2 Å². The highest BCUT2D eigenvalue weighted by atomic mass is 14.9. The van der Waals surface area contributed by atoms with Crippen LogP contribution in [0.1, 0.15) is 18.1 Å². The zero-order valence-electron chi connectivity index (χ0n) is 10.3. The van der Waals surface area contributed by atoms with E-state index in [0.29, 0.717) is 0 Å². The second-order valence-electron chi connectivity index (χ2n) is 4.27. The van der Waals surface area contributed by atoms with E-state index in [1.165, 1.54) is 5.56 Å². The third-order valence-electron chi connectivity index (χ3n) is 2.80. The molecule has 86 valence electrons. The quantitative estimate of drug-likeness (QED) is 0.790. The standard InChI is InChI=1S/C16H17N/c1-12(2)14-9-5-7-11-16(14)17-15-10-6-4-8-13(15)3/h4-11,17H,1H2,2-3H3. The molecule has 0 unspecified atom stereocenters. The number of allylic oxidation sites excluding steroid dienone is 1. The lowest BCUT2D eigenvalue weighted by Crippen LogP contribution is -1.95. The molecule has 0 aliphatic rings. The number of hydrogen-bond donors (Lipinski definition) is 1. The summed E-state index contributed by atoms with van der Waals surface area (Å²) in [6.45, 7) is 8.14. The van der Waals surface area contributed by atoms with E-state index in [-0.39, 0.29) is 0 Å². The fraction of sp³-hybridized carbons (Fsp3) is 0.125. The van der Waals surface area contributed by atoms with Gasteiger partial charge in [-0.25, -0.2) is 0 Å². The van der Waals surface area contributed by atoms with Crippen molar-refractivity contribution in [3.05, 3.63) is 66.2 Å². The molecule has 0 aliphatic carbocycles. The number of aryl methyl sites for hydroxylation is 1. The number of nitrogens with one attached hydrogen (secondary N) is 1. The zero-order valence-corrected chi connectivity index (χ0v) is 10.3. The van der Waals surface area contributed by atoms with Gasteiger partial charge in [-0.2, -0.15) is 0 Å². The van der Waals surface area contributed by atoms with E-state index in [0.717, 1.165) is 22.5 Å². The topological polar surface area (TPSA) is 12.0 Å². The minimum Gasteiger partial charge on any atom is -0.355 e. The summed E-state index contributed by atoms with van der Waals surface area (Å²) in [7, 11) is 0. The molecule has 2 aromatic carbocycles. The van der Waals surface area contributed by atoms with Crippen molar-refractivity contribution in [2.45, 2.75) is 13.8 Å². The molecule has 1 nitrogen and oxygen atoms in total. The maximum atomic E-state index is 4.01. The number of hydrogen-bond acceptors (Lipinski definition) is 1.